The Balaban J connectivity index is 0.00000324. The second-order valence-electron chi connectivity index (χ2n) is 3.72. The van der Waals surface area contributed by atoms with E-state index >= 15 is 0 Å². The van der Waals surface area contributed by atoms with Gasteiger partial charge in [-0.2, -0.15) is 0 Å². The molecule has 0 aliphatic carbocycles. The minimum Gasteiger partial charge on any atom is -0.494 e. The molecule has 0 N–H and O–H groups in total. The van der Waals surface area contributed by atoms with Crippen LogP contribution in [0.1, 0.15) is 13.3 Å². The number of rotatable bonds is 7. The van der Waals surface area contributed by atoms with Gasteiger partial charge in [0.15, 0.2) is 0 Å². The Morgan fingerprint density at radius 1 is 1.11 bits per heavy atom. The summed E-state index contributed by atoms with van der Waals surface area (Å²) in [5.41, 5.74) is -1.05. The molecule has 0 fully saturated rings. The molecule has 19 heavy (non-hydrogen) atoms. The predicted octanol–water partition coefficient (Wildman–Crippen LogP) is -0.310. The molecular weight excluding hydrogens is 290 g/mol. The number of hydrogen-bond donors (Lipinski definition) is 0. The van der Waals surface area contributed by atoms with Crippen LogP contribution < -0.4 is 61.6 Å². The first-order valence-corrected chi connectivity index (χ1v) is 5.65. The van der Waals surface area contributed by atoms with Crippen LogP contribution in [-0.4, -0.2) is 26.8 Å². The van der Waals surface area contributed by atoms with Crippen LogP contribution in [0.5, 0.6) is 5.75 Å². The van der Waals surface area contributed by atoms with Gasteiger partial charge in [0.1, 0.15) is 12.4 Å². The fourth-order valence-electron chi connectivity index (χ4n) is 1.36. The monoisotopic (exact) mass is 304 g/mol. The van der Waals surface area contributed by atoms with Crippen molar-refractivity contribution in [3.8, 4) is 5.75 Å². The van der Waals surface area contributed by atoms with Gasteiger partial charge in [-0.3, -0.25) is 0 Å². The summed E-state index contributed by atoms with van der Waals surface area (Å²) in [5, 5.41) is 0. The number of benzene rings is 1. The van der Waals surface area contributed by atoms with Gasteiger partial charge in [-0.25, -0.2) is 4.39 Å². The van der Waals surface area contributed by atoms with E-state index in [1.54, 1.807) is 0 Å². The standard InChI is InChI=1S/C11H14BF4O2.K/c1-2-5-17-6-7-18-11-4-3-9(13)8-10(11)12(14,15)16;/h3-4,8H,2,5-7H2,1H3;/q-1;+1. The molecule has 0 atom stereocenters. The van der Waals surface area contributed by atoms with Crippen LogP contribution in [-0.2, 0) is 4.74 Å². The molecule has 0 saturated carbocycles. The Kier molecular flexibility index (Phi) is 9.56. The van der Waals surface area contributed by atoms with Crippen LogP contribution in [0.3, 0.4) is 0 Å². The summed E-state index contributed by atoms with van der Waals surface area (Å²) in [6, 6.07) is 2.37. The third-order valence-electron chi connectivity index (χ3n) is 2.16. The zero-order valence-corrected chi connectivity index (χ0v) is 14.1. The molecule has 1 aromatic carbocycles. The van der Waals surface area contributed by atoms with Crippen molar-refractivity contribution in [2.24, 2.45) is 0 Å². The van der Waals surface area contributed by atoms with Gasteiger partial charge in [0.25, 0.3) is 0 Å². The first-order valence-electron chi connectivity index (χ1n) is 5.65. The van der Waals surface area contributed by atoms with Crippen molar-refractivity contribution in [3.63, 3.8) is 0 Å². The third kappa shape index (κ3) is 7.10. The van der Waals surface area contributed by atoms with E-state index in [0.29, 0.717) is 12.7 Å². The Hall–Kier alpha value is 0.401. The molecule has 0 unspecified atom stereocenters. The second-order valence-corrected chi connectivity index (χ2v) is 3.72. The van der Waals surface area contributed by atoms with Crippen molar-refractivity contribution in [2.75, 3.05) is 19.8 Å². The maximum atomic E-state index is 12.8. The van der Waals surface area contributed by atoms with Crippen molar-refractivity contribution < 1.29 is 78.2 Å². The molecule has 1 aromatic rings. The molecule has 0 radical (unpaired) electrons. The third-order valence-corrected chi connectivity index (χ3v) is 2.16. The van der Waals surface area contributed by atoms with E-state index in [2.05, 4.69) is 0 Å². The maximum Gasteiger partial charge on any atom is 1.00 e. The SMILES string of the molecule is CCCOCCOc1ccc(F)cc1[B-](F)(F)F.[K+]. The van der Waals surface area contributed by atoms with Crippen molar-refractivity contribution in [2.45, 2.75) is 13.3 Å². The number of hydrogen-bond acceptors (Lipinski definition) is 2. The molecule has 0 bridgehead atoms. The molecule has 102 valence electrons. The van der Waals surface area contributed by atoms with Gasteiger partial charge in [0.05, 0.1) is 12.4 Å². The zero-order chi connectivity index (χ0) is 13.6. The minimum absolute atomic E-state index is 0. The number of halogens is 4. The van der Waals surface area contributed by atoms with Crippen LogP contribution in [0.15, 0.2) is 18.2 Å². The molecule has 0 heterocycles. The molecule has 8 heteroatoms. The second kappa shape index (κ2) is 9.36. The van der Waals surface area contributed by atoms with Gasteiger partial charge in [-0.05, 0) is 24.6 Å². The summed E-state index contributed by atoms with van der Waals surface area (Å²) in [6.07, 6.45) is 0.827. The average molecular weight is 304 g/mol. The normalized spacial score (nSPS) is 11.0. The summed E-state index contributed by atoms with van der Waals surface area (Å²) in [7, 11) is 0. The van der Waals surface area contributed by atoms with Crippen molar-refractivity contribution in [1.82, 2.24) is 0 Å². The van der Waals surface area contributed by atoms with E-state index in [9.17, 15) is 17.3 Å². The smallest absolute Gasteiger partial charge is 0.494 e. The molecule has 2 nitrogen and oxygen atoms in total. The van der Waals surface area contributed by atoms with Crippen LogP contribution in [0.2, 0.25) is 0 Å². The Labute approximate surface area is 152 Å². The van der Waals surface area contributed by atoms with Gasteiger partial charge in [0, 0.05) is 6.61 Å². The van der Waals surface area contributed by atoms with Gasteiger partial charge >= 0.3 is 58.4 Å². The van der Waals surface area contributed by atoms with Crippen LogP contribution in [0.25, 0.3) is 0 Å². The minimum atomic E-state index is -5.29. The molecule has 1 rings (SSSR count). The van der Waals surface area contributed by atoms with Crippen molar-refractivity contribution >= 4 is 12.4 Å². The molecule has 0 spiro atoms. The summed E-state index contributed by atoms with van der Waals surface area (Å²) >= 11 is 0. The molecular formula is C11H14BF4KO2. The molecule has 0 aliphatic heterocycles. The fraction of sp³-hybridized carbons (Fsp3) is 0.455. The molecule has 0 saturated heterocycles. The van der Waals surface area contributed by atoms with E-state index < -0.39 is 18.3 Å². The maximum absolute atomic E-state index is 12.8. The van der Waals surface area contributed by atoms with Gasteiger partial charge in [0.2, 0.25) is 0 Å². The Bertz CT molecular complexity index is 387. The summed E-state index contributed by atoms with van der Waals surface area (Å²) < 4.78 is 60.8. The largest absolute Gasteiger partial charge is 1.00 e. The van der Waals surface area contributed by atoms with E-state index in [0.717, 1.165) is 18.6 Å². The number of ether oxygens (including phenoxy) is 2. The van der Waals surface area contributed by atoms with Gasteiger partial charge < -0.3 is 22.4 Å². The average Bonchev–Trinajstić information content (AvgIpc) is 2.29. The van der Waals surface area contributed by atoms with Crippen LogP contribution >= 0.6 is 0 Å². The Morgan fingerprint density at radius 3 is 2.37 bits per heavy atom. The topological polar surface area (TPSA) is 18.5 Å². The summed E-state index contributed by atoms with van der Waals surface area (Å²) in [5.74, 6) is -1.29. The quantitative estimate of drug-likeness (QED) is 0.391. The van der Waals surface area contributed by atoms with Crippen molar-refractivity contribution in [3.05, 3.63) is 24.0 Å². The van der Waals surface area contributed by atoms with Gasteiger partial charge in [-0.1, -0.05) is 12.4 Å². The van der Waals surface area contributed by atoms with E-state index in [1.807, 2.05) is 6.92 Å². The molecule has 0 aliphatic rings. The zero-order valence-electron chi connectivity index (χ0n) is 11.0. The van der Waals surface area contributed by atoms with Crippen LogP contribution in [0, 0.1) is 5.82 Å². The van der Waals surface area contributed by atoms with Crippen molar-refractivity contribution in [1.29, 1.82) is 0 Å². The summed E-state index contributed by atoms with van der Waals surface area (Å²) in [4.78, 5) is 0. The van der Waals surface area contributed by atoms with E-state index in [1.165, 1.54) is 0 Å². The van der Waals surface area contributed by atoms with Crippen LogP contribution in [0.4, 0.5) is 17.3 Å². The fourth-order valence-corrected chi connectivity index (χ4v) is 1.36. The first-order chi connectivity index (χ1) is 8.45. The summed E-state index contributed by atoms with van der Waals surface area (Å²) in [6.45, 7) is -2.63. The molecule has 0 aromatic heterocycles. The predicted molar refractivity (Wildman–Crippen MR) is 61.7 cm³/mol. The van der Waals surface area contributed by atoms with E-state index in [4.69, 9.17) is 9.47 Å². The van der Waals surface area contributed by atoms with E-state index in [-0.39, 0.29) is 70.3 Å². The Morgan fingerprint density at radius 2 is 1.79 bits per heavy atom. The first kappa shape index (κ1) is 19.4. The van der Waals surface area contributed by atoms with Gasteiger partial charge in [-0.15, -0.1) is 0 Å². The molecule has 0 amide bonds.